The van der Waals surface area contributed by atoms with E-state index in [2.05, 4.69) is 39.7 Å². The molecule has 0 amide bonds. The highest BCUT2D eigenvalue weighted by Crippen LogP contribution is 2.31. The minimum absolute atomic E-state index is 0.232. The molecule has 0 N–H and O–H groups in total. The maximum absolute atomic E-state index is 12.9. The van der Waals surface area contributed by atoms with E-state index < -0.39 is 0 Å². The van der Waals surface area contributed by atoms with Gasteiger partial charge in [-0.3, -0.25) is 4.79 Å². The molecule has 1 aliphatic rings. The van der Waals surface area contributed by atoms with E-state index in [1.807, 2.05) is 30.3 Å². The second-order valence-electron chi connectivity index (χ2n) is 8.26. The highest BCUT2D eigenvalue weighted by atomic mass is 16.1. The van der Waals surface area contributed by atoms with Crippen molar-refractivity contribution in [3.05, 3.63) is 76.2 Å². The highest BCUT2D eigenvalue weighted by Gasteiger charge is 2.19. The highest BCUT2D eigenvalue weighted by molar-refractivity contribution is 5.82. The van der Waals surface area contributed by atoms with Crippen molar-refractivity contribution in [2.75, 3.05) is 0 Å². The Kier molecular flexibility index (Phi) is 5.02. The monoisotopic (exact) mass is 414 g/mol. The lowest BCUT2D eigenvalue weighted by Crippen LogP contribution is -2.17. The SMILES string of the molecule is Cc1cc(/C=N\n2cnc3c(cnn3-c3ccccc3)c2=O)c(C)n1C1CCCCC1. The molecule has 1 fully saturated rings. The second kappa shape index (κ2) is 7.98. The lowest BCUT2D eigenvalue weighted by atomic mass is 9.95. The Labute approximate surface area is 180 Å². The summed E-state index contributed by atoms with van der Waals surface area (Å²) < 4.78 is 5.39. The van der Waals surface area contributed by atoms with Crippen LogP contribution in [-0.4, -0.2) is 30.2 Å². The zero-order chi connectivity index (χ0) is 21.4. The number of aryl methyl sites for hydroxylation is 1. The molecule has 0 radical (unpaired) electrons. The van der Waals surface area contributed by atoms with E-state index in [4.69, 9.17) is 0 Å². The number of rotatable bonds is 4. The van der Waals surface area contributed by atoms with E-state index in [1.165, 1.54) is 54.5 Å². The quantitative estimate of drug-likeness (QED) is 0.465. The summed E-state index contributed by atoms with van der Waals surface area (Å²) in [6.07, 6.45) is 11.2. The molecule has 1 aliphatic carbocycles. The lowest BCUT2D eigenvalue weighted by Gasteiger charge is -2.26. The van der Waals surface area contributed by atoms with Crippen molar-refractivity contribution in [1.82, 2.24) is 24.0 Å². The van der Waals surface area contributed by atoms with Crippen LogP contribution in [0.5, 0.6) is 0 Å². The molecule has 0 aliphatic heterocycles. The van der Waals surface area contributed by atoms with E-state index in [-0.39, 0.29) is 5.56 Å². The largest absolute Gasteiger partial charge is 0.345 e. The van der Waals surface area contributed by atoms with Crippen molar-refractivity contribution in [3.8, 4) is 5.69 Å². The van der Waals surface area contributed by atoms with Crippen molar-refractivity contribution in [2.24, 2.45) is 5.10 Å². The molecule has 0 unspecified atom stereocenters. The molecule has 4 aromatic rings. The number of aromatic nitrogens is 5. The average Bonchev–Trinajstić information content (AvgIpc) is 3.35. The van der Waals surface area contributed by atoms with Gasteiger partial charge in [-0.1, -0.05) is 37.5 Å². The fourth-order valence-corrected chi connectivity index (χ4v) is 4.70. The molecular formula is C24H26N6O. The van der Waals surface area contributed by atoms with Crippen LogP contribution in [0.4, 0.5) is 0 Å². The molecule has 1 aromatic carbocycles. The first-order chi connectivity index (χ1) is 15.1. The Balaban J connectivity index is 1.47. The van der Waals surface area contributed by atoms with E-state index in [0.29, 0.717) is 17.1 Å². The summed E-state index contributed by atoms with van der Waals surface area (Å²) in [6, 6.07) is 12.4. The van der Waals surface area contributed by atoms with Crippen LogP contribution in [0.15, 0.2) is 58.8 Å². The van der Waals surface area contributed by atoms with Gasteiger partial charge in [-0.05, 0) is 44.9 Å². The first-order valence-corrected chi connectivity index (χ1v) is 10.9. The Morgan fingerprint density at radius 3 is 2.65 bits per heavy atom. The fourth-order valence-electron chi connectivity index (χ4n) is 4.70. The van der Waals surface area contributed by atoms with Gasteiger partial charge in [0.1, 0.15) is 11.7 Å². The minimum atomic E-state index is -0.232. The Morgan fingerprint density at radius 2 is 1.87 bits per heavy atom. The summed E-state index contributed by atoms with van der Waals surface area (Å²) in [5, 5.41) is 9.23. The molecule has 158 valence electrons. The van der Waals surface area contributed by atoms with Gasteiger partial charge in [-0.2, -0.15) is 14.9 Å². The van der Waals surface area contributed by atoms with Crippen LogP contribution in [0, 0.1) is 13.8 Å². The molecule has 31 heavy (non-hydrogen) atoms. The van der Waals surface area contributed by atoms with Gasteiger partial charge in [0.05, 0.1) is 18.1 Å². The summed E-state index contributed by atoms with van der Waals surface area (Å²) in [7, 11) is 0. The van der Waals surface area contributed by atoms with Gasteiger partial charge >= 0.3 is 0 Å². The van der Waals surface area contributed by atoms with E-state index in [9.17, 15) is 4.79 Å². The van der Waals surface area contributed by atoms with Gasteiger partial charge in [0.15, 0.2) is 5.65 Å². The van der Waals surface area contributed by atoms with Gasteiger partial charge in [0, 0.05) is 23.0 Å². The third kappa shape index (κ3) is 3.50. The Hall–Kier alpha value is -3.48. The molecule has 7 heteroatoms. The molecule has 3 heterocycles. The maximum atomic E-state index is 12.9. The number of fused-ring (bicyclic) bond motifs is 1. The van der Waals surface area contributed by atoms with Crippen molar-refractivity contribution in [1.29, 1.82) is 0 Å². The number of hydrogen-bond donors (Lipinski definition) is 0. The predicted molar refractivity (Wildman–Crippen MR) is 122 cm³/mol. The molecule has 0 bridgehead atoms. The minimum Gasteiger partial charge on any atom is -0.345 e. The van der Waals surface area contributed by atoms with Crippen LogP contribution in [0.25, 0.3) is 16.7 Å². The topological polar surface area (TPSA) is 70.0 Å². The summed E-state index contributed by atoms with van der Waals surface area (Å²) in [5.41, 5.74) is 4.64. The van der Waals surface area contributed by atoms with Crippen molar-refractivity contribution < 1.29 is 0 Å². The van der Waals surface area contributed by atoms with Crippen LogP contribution in [0.2, 0.25) is 0 Å². The molecule has 0 atom stereocenters. The predicted octanol–water partition coefficient (Wildman–Crippen LogP) is 4.39. The zero-order valence-electron chi connectivity index (χ0n) is 17.9. The van der Waals surface area contributed by atoms with Gasteiger partial charge in [0.25, 0.3) is 5.56 Å². The van der Waals surface area contributed by atoms with Gasteiger partial charge in [0.2, 0.25) is 0 Å². The van der Waals surface area contributed by atoms with Crippen LogP contribution >= 0.6 is 0 Å². The second-order valence-corrected chi connectivity index (χ2v) is 8.26. The molecule has 7 nitrogen and oxygen atoms in total. The lowest BCUT2D eigenvalue weighted by molar-refractivity contribution is 0.346. The molecule has 5 rings (SSSR count). The summed E-state index contributed by atoms with van der Waals surface area (Å²) in [6.45, 7) is 4.29. The van der Waals surface area contributed by atoms with Crippen molar-refractivity contribution in [3.63, 3.8) is 0 Å². The summed E-state index contributed by atoms with van der Waals surface area (Å²) in [5.74, 6) is 0. The van der Waals surface area contributed by atoms with Crippen molar-refractivity contribution in [2.45, 2.75) is 52.0 Å². The first kappa shape index (κ1) is 19.5. The first-order valence-electron chi connectivity index (χ1n) is 10.9. The molecule has 0 saturated heterocycles. The van der Waals surface area contributed by atoms with Crippen LogP contribution < -0.4 is 5.56 Å². The molecule has 3 aromatic heterocycles. The number of nitrogens with zero attached hydrogens (tertiary/aromatic N) is 6. The summed E-state index contributed by atoms with van der Waals surface area (Å²) >= 11 is 0. The van der Waals surface area contributed by atoms with Crippen LogP contribution in [-0.2, 0) is 0 Å². The van der Waals surface area contributed by atoms with Gasteiger partial charge in [-0.15, -0.1) is 0 Å². The average molecular weight is 415 g/mol. The number of benzene rings is 1. The van der Waals surface area contributed by atoms with Crippen molar-refractivity contribution >= 4 is 17.2 Å². The van der Waals surface area contributed by atoms with Crippen LogP contribution in [0.3, 0.4) is 0 Å². The standard InChI is InChI=1S/C24H26N6O/c1-17-13-19(18(2)29(17)20-9-5-3-6-10-20)14-26-28-16-25-23-22(24(28)31)15-27-30(23)21-11-7-4-8-12-21/h4,7-8,11-16,20H,3,5-6,9-10H2,1-2H3/b26-14-. The third-order valence-electron chi connectivity index (χ3n) is 6.26. The van der Waals surface area contributed by atoms with E-state index in [0.717, 1.165) is 11.3 Å². The zero-order valence-corrected chi connectivity index (χ0v) is 17.9. The van der Waals surface area contributed by atoms with E-state index in [1.54, 1.807) is 17.1 Å². The maximum Gasteiger partial charge on any atom is 0.285 e. The van der Waals surface area contributed by atoms with E-state index >= 15 is 0 Å². The van der Waals surface area contributed by atoms with Gasteiger partial charge < -0.3 is 4.57 Å². The Bertz CT molecular complexity index is 1310. The molecular weight excluding hydrogens is 388 g/mol. The smallest absolute Gasteiger partial charge is 0.285 e. The number of para-hydroxylation sites is 1. The van der Waals surface area contributed by atoms with Crippen LogP contribution in [0.1, 0.15) is 55.1 Å². The normalized spacial score (nSPS) is 15.3. The molecule has 0 spiro atoms. The number of hydrogen-bond acceptors (Lipinski definition) is 4. The third-order valence-corrected chi connectivity index (χ3v) is 6.26. The summed E-state index contributed by atoms with van der Waals surface area (Å²) in [4.78, 5) is 17.4. The molecule has 1 saturated carbocycles. The fraction of sp³-hybridized carbons (Fsp3) is 0.333. The van der Waals surface area contributed by atoms with Gasteiger partial charge in [-0.25, -0.2) is 9.67 Å². The Morgan fingerprint density at radius 1 is 1.10 bits per heavy atom.